The SMILES string of the molecule is CC(=O)N1CCN(c2c(NC[C@H]3COc4ccccc4O3)c(=O)c2=O)CC1. The summed E-state index contributed by atoms with van der Waals surface area (Å²) in [5.74, 6) is 1.39. The number of fused-ring (bicyclic) bond motifs is 1. The Morgan fingerprint density at radius 2 is 1.81 bits per heavy atom. The average molecular weight is 371 g/mol. The van der Waals surface area contributed by atoms with Gasteiger partial charge in [-0.25, -0.2) is 0 Å². The molecule has 1 saturated heterocycles. The van der Waals surface area contributed by atoms with Gasteiger partial charge in [-0.15, -0.1) is 0 Å². The minimum atomic E-state index is -0.504. The van der Waals surface area contributed by atoms with E-state index in [1.807, 2.05) is 29.2 Å². The van der Waals surface area contributed by atoms with Crippen LogP contribution in [0.4, 0.5) is 11.4 Å². The summed E-state index contributed by atoms with van der Waals surface area (Å²) in [5, 5.41) is 3.06. The number of nitrogens with one attached hydrogen (secondary N) is 1. The van der Waals surface area contributed by atoms with Crippen molar-refractivity contribution in [1.82, 2.24) is 4.90 Å². The summed E-state index contributed by atoms with van der Waals surface area (Å²) in [7, 11) is 0. The number of hydrogen-bond donors (Lipinski definition) is 1. The van der Waals surface area contributed by atoms with Crippen molar-refractivity contribution in [1.29, 1.82) is 0 Å². The molecule has 0 aromatic heterocycles. The molecule has 0 spiro atoms. The number of para-hydroxylation sites is 2. The Hall–Kier alpha value is -3.03. The van der Waals surface area contributed by atoms with Crippen molar-refractivity contribution in [2.24, 2.45) is 0 Å². The van der Waals surface area contributed by atoms with Crippen LogP contribution >= 0.6 is 0 Å². The highest BCUT2D eigenvalue weighted by Gasteiger charge is 2.30. The molecule has 142 valence electrons. The first kappa shape index (κ1) is 17.4. The molecule has 0 bridgehead atoms. The quantitative estimate of drug-likeness (QED) is 0.769. The number of hydrogen-bond acceptors (Lipinski definition) is 7. The van der Waals surface area contributed by atoms with Crippen LogP contribution in [0.1, 0.15) is 6.92 Å². The fourth-order valence-corrected chi connectivity index (χ4v) is 3.47. The maximum atomic E-state index is 12.1. The minimum absolute atomic E-state index is 0.0210. The first-order valence-electron chi connectivity index (χ1n) is 9.00. The fraction of sp³-hybridized carbons (Fsp3) is 0.421. The van der Waals surface area contributed by atoms with Gasteiger partial charge in [0, 0.05) is 33.1 Å². The van der Waals surface area contributed by atoms with Crippen LogP contribution in [0, 0.1) is 0 Å². The van der Waals surface area contributed by atoms with E-state index in [1.54, 1.807) is 4.90 Å². The number of ether oxygens (including phenoxy) is 2. The Morgan fingerprint density at radius 3 is 2.52 bits per heavy atom. The molecule has 2 aliphatic heterocycles. The number of nitrogens with zero attached hydrogens (tertiary/aromatic N) is 2. The lowest BCUT2D eigenvalue weighted by molar-refractivity contribution is -0.129. The molecule has 27 heavy (non-hydrogen) atoms. The Kier molecular flexibility index (Phi) is 4.47. The van der Waals surface area contributed by atoms with E-state index in [2.05, 4.69) is 5.32 Å². The van der Waals surface area contributed by atoms with Gasteiger partial charge in [-0.3, -0.25) is 14.4 Å². The molecular formula is C19H21N3O5. The number of anilines is 2. The second-order valence-corrected chi connectivity index (χ2v) is 6.75. The van der Waals surface area contributed by atoms with Gasteiger partial charge in [0.1, 0.15) is 24.1 Å². The van der Waals surface area contributed by atoms with Gasteiger partial charge < -0.3 is 24.6 Å². The van der Waals surface area contributed by atoms with Crippen LogP contribution in [0.3, 0.4) is 0 Å². The van der Waals surface area contributed by atoms with Crippen LogP contribution in [0.15, 0.2) is 33.9 Å². The summed E-state index contributed by atoms with van der Waals surface area (Å²) in [4.78, 5) is 39.2. The minimum Gasteiger partial charge on any atom is -0.486 e. The van der Waals surface area contributed by atoms with Gasteiger partial charge in [0.15, 0.2) is 11.5 Å². The van der Waals surface area contributed by atoms with Gasteiger partial charge in [-0.2, -0.15) is 0 Å². The van der Waals surface area contributed by atoms with E-state index in [1.165, 1.54) is 6.92 Å². The van der Waals surface area contributed by atoms with E-state index >= 15 is 0 Å². The largest absolute Gasteiger partial charge is 0.486 e. The molecule has 1 atom stereocenters. The number of carbonyl (C=O) groups is 1. The van der Waals surface area contributed by atoms with Gasteiger partial charge in [-0.1, -0.05) is 12.1 Å². The molecule has 4 rings (SSSR count). The van der Waals surface area contributed by atoms with Gasteiger partial charge in [0.05, 0.1) is 6.54 Å². The highest BCUT2D eigenvalue weighted by Crippen LogP contribution is 2.31. The molecule has 2 aromatic carbocycles. The third kappa shape index (κ3) is 3.22. The molecule has 8 heteroatoms. The van der Waals surface area contributed by atoms with Crippen molar-refractivity contribution in [3.05, 3.63) is 44.7 Å². The van der Waals surface area contributed by atoms with E-state index in [9.17, 15) is 14.4 Å². The van der Waals surface area contributed by atoms with E-state index in [0.29, 0.717) is 62.2 Å². The normalized spacial score (nSPS) is 19.2. The summed E-state index contributed by atoms with van der Waals surface area (Å²) in [6.07, 6.45) is -0.258. The van der Waals surface area contributed by atoms with Crippen molar-refractivity contribution in [2.75, 3.05) is 49.5 Å². The number of rotatable bonds is 4. The second kappa shape index (κ2) is 6.94. The summed E-state index contributed by atoms with van der Waals surface area (Å²) in [6, 6.07) is 7.42. The lowest BCUT2D eigenvalue weighted by Crippen LogP contribution is -2.52. The molecule has 1 fully saturated rings. The van der Waals surface area contributed by atoms with Gasteiger partial charge in [0.25, 0.3) is 10.9 Å². The predicted octanol–water partition coefficient (Wildman–Crippen LogP) is 0.203. The van der Waals surface area contributed by atoms with Crippen LogP contribution < -0.4 is 30.5 Å². The Labute approximate surface area is 156 Å². The second-order valence-electron chi connectivity index (χ2n) is 6.75. The zero-order valence-corrected chi connectivity index (χ0v) is 15.1. The number of benzene rings is 1. The van der Waals surface area contributed by atoms with E-state index in [0.717, 1.165) is 0 Å². The molecule has 0 unspecified atom stereocenters. The van der Waals surface area contributed by atoms with Crippen LogP contribution in [0.25, 0.3) is 0 Å². The average Bonchev–Trinajstić information content (AvgIpc) is 2.70. The van der Waals surface area contributed by atoms with E-state index < -0.39 is 10.9 Å². The van der Waals surface area contributed by atoms with Crippen molar-refractivity contribution < 1.29 is 14.3 Å². The summed E-state index contributed by atoms with van der Waals surface area (Å²) < 4.78 is 11.5. The lowest BCUT2D eigenvalue weighted by atomic mass is 10.1. The van der Waals surface area contributed by atoms with Gasteiger partial charge in [0.2, 0.25) is 5.91 Å². The topological polar surface area (TPSA) is 88.2 Å². The Balaban J connectivity index is 1.40. The number of piperazine rings is 1. The molecule has 1 N–H and O–H groups in total. The molecular weight excluding hydrogens is 350 g/mol. The van der Waals surface area contributed by atoms with Gasteiger partial charge >= 0.3 is 0 Å². The highest BCUT2D eigenvalue weighted by molar-refractivity contribution is 5.77. The Bertz CT molecular complexity index is 926. The first-order valence-corrected chi connectivity index (χ1v) is 9.00. The maximum Gasteiger partial charge on any atom is 0.253 e. The zero-order chi connectivity index (χ0) is 19.0. The molecule has 2 aromatic rings. The maximum absolute atomic E-state index is 12.1. The van der Waals surface area contributed by atoms with Crippen LogP contribution in [-0.4, -0.2) is 56.2 Å². The van der Waals surface area contributed by atoms with E-state index in [-0.39, 0.29) is 12.0 Å². The predicted molar refractivity (Wildman–Crippen MR) is 101 cm³/mol. The third-order valence-electron chi connectivity index (χ3n) is 5.00. The first-order chi connectivity index (χ1) is 13.0. The Morgan fingerprint density at radius 1 is 1.11 bits per heavy atom. The van der Waals surface area contributed by atoms with Crippen molar-refractivity contribution >= 4 is 17.3 Å². The summed E-state index contributed by atoms with van der Waals surface area (Å²) in [5.41, 5.74) is -0.227. The smallest absolute Gasteiger partial charge is 0.253 e. The summed E-state index contributed by atoms with van der Waals surface area (Å²) >= 11 is 0. The highest BCUT2D eigenvalue weighted by atomic mass is 16.6. The fourth-order valence-electron chi connectivity index (χ4n) is 3.47. The zero-order valence-electron chi connectivity index (χ0n) is 15.1. The van der Waals surface area contributed by atoms with Crippen LogP contribution in [0.2, 0.25) is 0 Å². The summed E-state index contributed by atoms with van der Waals surface area (Å²) in [6.45, 7) is 4.43. The molecule has 2 heterocycles. The molecule has 0 saturated carbocycles. The molecule has 1 amide bonds. The molecule has 0 radical (unpaired) electrons. The van der Waals surface area contributed by atoms with E-state index in [4.69, 9.17) is 9.47 Å². The number of amides is 1. The van der Waals surface area contributed by atoms with Crippen LogP contribution in [0.5, 0.6) is 11.5 Å². The molecule has 2 aliphatic rings. The van der Waals surface area contributed by atoms with Gasteiger partial charge in [-0.05, 0) is 12.1 Å². The standard InChI is InChI=1S/C19H21N3O5/c1-12(23)21-6-8-22(9-7-21)17-16(18(24)19(17)25)20-10-13-11-26-14-4-2-3-5-15(14)27-13/h2-5,13,20H,6-11H2,1H3/t13-/m0/s1. The number of carbonyl (C=O) groups excluding carboxylic acids is 1. The van der Waals surface area contributed by atoms with Crippen LogP contribution in [-0.2, 0) is 4.79 Å². The lowest BCUT2D eigenvalue weighted by Gasteiger charge is -2.36. The third-order valence-corrected chi connectivity index (χ3v) is 5.00. The monoisotopic (exact) mass is 371 g/mol. The van der Waals surface area contributed by atoms with Crippen molar-refractivity contribution in [3.8, 4) is 11.5 Å². The van der Waals surface area contributed by atoms with Crippen molar-refractivity contribution in [3.63, 3.8) is 0 Å². The molecule has 8 nitrogen and oxygen atoms in total. The van der Waals surface area contributed by atoms with Crippen molar-refractivity contribution in [2.45, 2.75) is 13.0 Å². The molecule has 0 aliphatic carbocycles.